The number of hydrogen-bond acceptors (Lipinski definition) is 5. The Hall–Kier alpha value is -2.29. The normalized spacial score (nSPS) is 25.2. The van der Waals surface area contributed by atoms with Gasteiger partial charge in [0.1, 0.15) is 25.2 Å². The molecule has 2 aliphatic heterocycles. The van der Waals surface area contributed by atoms with Crippen LogP contribution < -0.4 is 4.74 Å². The number of fused-ring (bicyclic) bond motifs is 1. The summed E-state index contributed by atoms with van der Waals surface area (Å²) in [7, 11) is 0. The first kappa shape index (κ1) is 17.5. The Morgan fingerprint density at radius 2 is 2.08 bits per heavy atom. The zero-order valence-electron chi connectivity index (χ0n) is 13.4. The number of halogens is 2. The first-order valence-electron chi connectivity index (χ1n) is 8.00. The van der Waals surface area contributed by atoms with E-state index in [9.17, 15) is 28.8 Å². The number of nitrogens with zero attached hydrogens (tertiary/aromatic N) is 2. The predicted molar refractivity (Wildman–Crippen MR) is 82.7 cm³/mol. The van der Waals surface area contributed by atoms with E-state index in [0.717, 1.165) is 6.07 Å². The number of rotatable bonds is 4. The zero-order chi connectivity index (χ0) is 18.2. The molecular formula is C16H18F2N2O5. The molecule has 2 unspecified atom stereocenters. The van der Waals surface area contributed by atoms with E-state index >= 15 is 0 Å². The maximum absolute atomic E-state index is 13.6. The van der Waals surface area contributed by atoms with Crippen LogP contribution in [-0.4, -0.2) is 52.4 Å². The Morgan fingerprint density at radius 1 is 1.36 bits per heavy atom. The van der Waals surface area contributed by atoms with Gasteiger partial charge in [0.15, 0.2) is 5.60 Å². The lowest BCUT2D eigenvalue weighted by molar-refractivity contribution is -0.385. The molecule has 9 heteroatoms. The van der Waals surface area contributed by atoms with E-state index in [2.05, 4.69) is 0 Å². The molecule has 136 valence electrons. The lowest BCUT2D eigenvalue weighted by atomic mass is 9.83. The van der Waals surface area contributed by atoms with Gasteiger partial charge >= 0.3 is 0 Å². The highest BCUT2D eigenvalue weighted by atomic mass is 19.1. The number of piperidine rings is 1. The van der Waals surface area contributed by atoms with Gasteiger partial charge in [-0.1, -0.05) is 0 Å². The highest BCUT2D eigenvalue weighted by Gasteiger charge is 2.53. The summed E-state index contributed by atoms with van der Waals surface area (Å²) < 4.78 is 32.5. The van der Waals surface area contributed by atoms with Crippen molar-refractivity contribution in [3.63, 3.8) is 0 Å². The third-order valence-electron chi connectivity index (χ3n) is 4.82. The summed E-state index contributed by atoms with van der Waals surface area (Å²) in [6.45, 7) is -2.28. The summed E-state index contributed by atoms with van der Waals surface area (Å²) in [5.74, 6) is -0.226. The topological polar surface area (TPSA) is 92.9 Å². The molecule has 1 fully saturated rings. The molecule has 25 heavy (non-hydrogen) atoms. The number of non-ortho nitro benzene ring substituents is 1. The fourth-order valence-electron chi connectivity index (χ4n) is 3.42. The molecule has 7 nitrogen and oxygen atoms in total. The van der Waals surface area contributed by atoms with Crippen molar-refractivity contribution < 1.29 is 28.3 Å². The van der Waals surface area contributed by atoms with E-state index in [1.54, 1.807) is 0 Å². The molecule has 0 aliphatic carbocycles. The van der Waals surface area contributed by atoms with Gasteiger partial charge in [-0.15, -0.1) is 0 Å². The summed E-state index contributed by atoms with van der Waals surface area (Å²) in [6.07, 6.45) is -0.0577. The van der Waals surface area contributed by atoms with Crippen LogP contribution >= 0.6 is 0 Å². The molecule has 1 amide bonds. The van der Waals surface area contributed by atoms with Gasteiger partial charge in [0, 0.05) is 30.7 Å². The molecule has 0 saturated carbocycles. The molecule has 2 heterocycles. The van der Waals surface area contributed by atoms with Crippen molar-refractivity contribution >= 4 is 11.6 Å². The molecule has 0 spiro atoms. The summed E-state index contributed by atoms with van der Waals surface area (Å²) in [5.41, 5.74) is -2.20. The van der Waals surface area contributed by atoms with E-state index < -0.39 is 36.0 Å². The number of carbonyl (C=O) groups excluding carboxylic acids is 1. The Balaban J connectivity index is 2.13. The quantitative estimate of drug-likeness (QED) is 0.659. The van der Waals surface area contributed by atoms with E-state index in [4.69, 9.17) is 4.74 Å². The third-order valence-corrected chi connectivity index (χ3v) is 4.82. The van der Waals surface area contributed by atoms with Crippen LogP contribution in [0.3, 0.4) is 0 Å². The first-order chi connectivity index (χ1) is 11.9. The van der Waals surface area contributed by atoms with Crippen molar-refractivity contribution in [2.45, 2.75) is 37.0 Å². The average Bonchev–Trinajstić information content (AvgIpc) is 2.62. The van der Waals surface area contributed by atoms with Crippen LogP contribution in [0, 0.1) is 10.1 Å². The molecule has 1 aromatic rings. The number of likely N-dealkylation sites (tertiary alicyclic amines) is 1. The summed E-state index contributed by atoms with van der Waals surface area (Å²) in [6, 6.07) is 2.50. The van der Waals surface area contributed by atoms with E-state index in [1.807, 2.05) is 0 Å². The Labute approximate surface area is 142 Å². The molecular weight excluding hydrogens is 338 g/mol. The standard InChI is InChI=1S/C16H18F2N2O5/c17-8-16(9-18)15(22)14(19-6-2-1-3-13(19)21)11-7-10(20(23)24)4-5-12(11)25-16/h4-5,7,14-15,22H,1-3,6,8-9H2. The lowest BCUT2D eigenvalue weighted by Crippen LogP contribution is -2.61. The molecule has 1 aromatic carbocycles. The minimum atomic E-state index is -2.13. The second kappa shape index (κ2) is 6.55. The maximum Gasteiger partial charge on any atom is 0.270 e. The average molecular weight is 356 g/mol. The molecule has 1 saturated heterocycles. The van der Waals surface area contributed by atoms with Gasteiger partial charge in [-0.3, -0.25) is 14.9 Å². The highest BCUT2D eigenvalue weighted by Crippen LogP contribution is 2.45. The fraction of sp³-hybridized carbons (Fsp3) is 0.562. The number of benzene rings is 1. The van der Waals surface area contributed by atoms with Crippen molar-refractivity contribution in [1.29, 1.82) is 0 Å². The molecule has 0 radical (unpaired) electrons. The minimum Gasteiger partial charge on any atom is -0.479 e. The Bertz CT molecular complexity index is 695. The monoisotopic (exact) mass is 356 g/mol. The lowest BCUT2D eigenvalue weighted by Gasteiger charge is -2.47. The van der Waals surface area contributed by atoms with Crippen LogP contribution in [0.15, 0.2) is 18.2 Å². The van der Waals surface area contributed by atoms with Gasteiger partial charge in [0.25, 0.3) is 5.69 Å². The van der Waals surface area contributed by atoms with E-state index in [1.165, 1.54) is 17.0 Å². The number of aliphatic hydroxyl groups excluding tert-OH is 1. The van der Waals surface area contributed by atoms with Gasteiger partial charge in [-0.25, -0.2) is 8.78 Å². The second-order valence-electron chi connectivity index (χ2n) is 6.35. The van der Waals surface area contributed by atoms with Crippen molar-refractivity contribution in [3.05, 3.63) is 33.9 Å². The van der Waals surface area contributed by atoms with Crippen LogP contribution in [0.4, 0.5) is 14.5 Å². The molecule has 0 aromatic heterocycles. The van der Waals surface area contributed by atoms with Crippen molar-refractivity contribution in [2.75, 3.05) is 19.9 Å². The van der Waals surface area contributed by atoms with Gasteiger partial charge in [-0.05, 0) is 18.9 Å². The van der Waals surface area contributed by atoms with E-state index in [0.29, 0.717) is 19.4 Å². The first-order valence-corrected chi connectivity index (χ1v) is 8.00. The number of hydrogen-bond donors (Lipinski definition) is 1. The number of nitro groups is 1. The fourth-order valence-corrected chi connectivity index (χ4v) is 3.42. The third kappa shape index (κ3) is 2.82. The molecule has 3 rings (SSSR count). The Kier molecular flexibility index (Phi) is 4.59. The van der Waals surface area contributed by atoms with Gasteiger partial charge in [0.05, 0.1) is 11.0 Å². The van der Waals surface area contributed by atoms with Crippen LogP contribution in [-0.2, 0) is 4.79 Å². The van der Waals surface area contributed by atoms with Gasteiger partial charge in [-0.2, -0.15) is 0 Å². The number of aliphatic hydroxyl groups is 1. The van der Waals surface area contributed by atoms with Crippen LogP contribution in [0.2, 0.25) is 0 Å². The van der Waals surface area contributed by atoms with Crippen LogP contribution in [0.25, 0.3) is 0 Å². The van der Waals surface area contributed by atoms with Crippen molar-refractivity contribution in [2.24, 2.45) is 0 Å². The Morgan fingerprint density at radius 3 is 2.68 bits per heavy atom. The molecule has 2 aliphatic rings. The number of amides is 1. The molecule has 0 bridgehead atoms. The van der Waals surface area contributed by atoms with Crippen LogP contribution in [0.1, 0.15) is 30.9 Å². The smallest absolute Gasteiger partial charge is 0.270 e. The number of nitro benzene ring substituents is 1. The zero-order valence-corrected chi connectivity index (χ0v) is 13.4. The summed E-state index contributed by atoms with van der Waals surface area (Å²) in [4.78, 5) is 24.1. The number of carbonyl (C=O) groups is 1. The maximum atomic E-state index is 13.6. The predicted octanol–water partition coefficient (Wildman–Crippen LogP) is 2.08. The van der Waals surface area contributed by atoms with Crippen molar-refractivity contribution in [3.8, 4) is 5.75 Å². The molecule has 2 atom stereocenters. The number of alkyl halides is 2. The SMILES string of the molecule is O=C1CCCCN1C1c2cc([N+](=O)[O-])ccc2OC(CF)(CF)C1O. The number of ether oxygens (including phenoxy) is 1. The van der Waals surface area contributed by atoms with E-state index in [-0.39, 0.29) is 29.3 Å². The summed E-state index contributed by atoms with van der Waals surface area (Å²) >= 11 is 0. The van der Waals surface area contributed by atoms with Gasteiger partial charge < -0.3 is 14.7 Å². The minimum absolute atomic E-state index is 0.0366. The van der Waals surface area contributed by atoms with Crippen LogP contribution in [0.5, 0.6) is 5.75 Å². The van der Waals surface area contributed by atoms with Crippen molar-refractivity contribution in [1.82, 2.24) is 4.90 Å². The largest absolute Gasteiger partial charge is 0.479 e. The highest BCUT2D eigenvalue weighted by molar-refractivity contribution is 5.78. The molecule has 1 N–H and O–H groups in total. The second-order valence-corrected chi connectivity index (χ2v) is 6.35. The summed E-state index contributed by atoms with van der Waals surface area (Å²) in [5, 5.41) is 21.7. The van der Waals surface area contributed by atoms with Gasteiger partial charge in [0.2, 0.25) is 5.91 Å².